The molecular weight excluding hydrogens is 363 g/mol. The van der Waals surface area contributed by atoms with E-state index in [4.69, 9.17) is 0 Å². The van der Waals surface area contributed by atoms with Gasteiger partial charge in [0.1, 0.15) is 0 Å². The number of alkyl halides is 3. The number of benzene rings is 1. The molecule has 1 N–H and O–H groups in total. The minimum atomic E-state index is -4.30. The number of hydrogen-bond donors (Lipinski definition) is 1. The summed E-state index contributed by atoms with van der Waals surface area (Å²) >= 11 is 1.50. The maximum absolute atomic E-state index is 12.6. The molecule has 0 spiro atoms. The smallest absolute Gasteiger partial charge is 0.302 e. The Morgan fingerprint density at radius 1 is 1.27 bits per heavy atom. The molecule has 26 heavy (non-hydrogen) atoms. The van der Waals surface area contributed by atoms with E-state index < -0.39 is 11.7 Å². The summed E-state index contributed by atoms with van der Waals surface area (Å²) in [5, 5.41) is 3.55. The van der Waals surface area contributed by atoms with Crippen molar-refractivity contribution in [3.05, 3.63) is 46.0 Å². The van der Waals surface area contributed by atoms with Crippen molar-refractivity contribution in [2.75, 3.05) is 11.9 Å². The second-order valence-electron chi connectivity index (χ2n) is 6.81. The standard InChI is InChI=1S/C18H18F3N3OS/c19-18(20,21)13-5-1-11(2-6-13)9-24-8-7-14-15(10-24)26-17(22-14)23-16(25)12-3-4-12/h1-2,5-6,12H,3-4,7-10H2,(H,22,23,25). The van der Waals surface area contributed by atoms with Crippen LogP contribution >= 0.6 is 11.3 Å². The van der Waals surface area contributed by atoms with E-state index in [1.54, 1.807) is 0 Å². The summed E-state index contributed by atoms with van der Waals surface area (Å²) < 4.78 is 37.9. The summed E-state index contributed by atoms with van der Waals surface area (Å²) in [5.74, 6) is 0.199. The molecule has 4 rings (SSSR count). The first-order chi connectivity index (χ1) is 12.4. The van der Waals surface area contributed by atoms with Crippen LogP contribution in [0.25, 0.3) is 0 Å². The molecule has 1 aliphatic carbocycles. The quantitative estimate of drug-likeness (QED) is 0.868. The lowest BCUT2D eigenvalue weighted by Crippen LogP contribution is -2.29. The number of thiazole rings is 1. The van der Waals surface area contributed by atoms with E-state index in [0.717, 1.165) is 54.1 Å². The van der Waals surface area contributed by atoms with Gasteiger partial charge in [0.25, 0.3) is 0 Å². The number of fused-ring (bicyclic) bond motifs is 1. The Morgan fingerprint density at radius 3 is 2.65 bits per heavy atom. The molecule has 1 fully saturated rings. The maximum Gasteiger partial charge on any atom is 0.416 e. The van der Waals surface area contributed by atoms with Crippen LogP contribution in [0.4, 0.5) is 18.3 Å². The molecule has 1 aromatic heterocycles. The molecule has 8 heteroatoms. The van der Waals surface area contributed by atoms with Crippen LogP contribution in [0.2, 0.25) is 0 Å². The summed E-state index contributed by atoms with van der Waals surface area (Å²) in [5.41, 5.74) is 1.25. The van der Waals surface area contributed by atoms with Crippen LogP contribution in [0.5, 0.6) is 0 Å². The zero-order chi connectivity index (χ0) is 18.3. The lowest BCUT2D eigenvalue weighted by Gasteiger charge is -2.25. The first-order valence-electron chi connectivity index (χ1n) is 8.56. The molecule has 2 aromatic rings. The Hall–Kier alpha value is -1.93. The zero-order valence-electron chi connectivity index (χ0n) is 14.0. The van der Waals surface area contributed by atoms with Gasteiger partial charge >= 0.3 is 6.18 Å². The van der Waals surface area contributed by atoms with E-state index in [1.807, 2.05) is 0 Å². The topological polar surface area (TPSA) is 45.2 Å². The fraction of sp³-hybridized carbons (Fsp3) is 0.444. The van der Waals surface area contributed by atoms with Crippen LogP contribution < -0.4 is 5.32 Å². The second-order valence-corrected chi connectivity index (χ2v) is 7.89. The van der Waals surface area contributed by atoms with Gasteiger partial charge in [-0.25, -0.2) is 4.98 Å². The highest BCUT2D eigenvalue weighted by atomic mass is 32.1. The van der Waals surface area contributed by atoms with E-state index >= 15 is 0 Å². The second kappa shape index (κ2) is 6.66. The molecule has 1 amide bonds. The number of nitrogens with one attached hydrogen (secondary N) is 1. The van der Waals surface area contributed by atoms with E-state index in [-0.39, 0.29) is 11.8 Å². The molecule has 0 atom stereocenters. The van der Waals surface area contributed by atoms with Crippen molar-refractivity contribution < 1.29 is 18.0 Å². The number of carbonyl (C=O) groups excluding carboxylic acids is 1. The molecule has 0 unspecified atom stereocenters. The number of anilines is 1. The average molecular weight is 381 g/mol. The minimum absolute atomic E-state index is 0.0534. The normalized spacial score (nSPS) is 17.8. The highest BCUT2D eigenvalue weighted by molar-refractivity contribution is 7.15. The molecule has 0 radical (unpaired) electrons. The number of amides is 1. The fourth-order valence-corrected chi connectivity index (χ4v) is 4.10. The van der Waals surface area contributed by atoms with Crippen molar-refractivity contribution in [1.29, 1.82) is 0 Å². The van der Waals surface area contributed by atoms with E-state index in [2.05, 4.69) is 15.2 Å². The van der Waals surface area contributed by atoms with Crippen LogP contribution in [0, 0.1) is 5.92 Å². The Morgan fingerprint density at radius 2 is 2.00 bits per heavy atom. The molecule has 4 nitrogen and oxygen atoms in total. The minimum Gasteiger partial charge on any atom is -0.302 e. The number of rotatable bonds is 4. The number of halogens is 3. The van der Waals surface area contributed by atoms with Crippen molar-refractivity contribution in [2.45, 2.75) is 38.5 Å². The van der Waals surface area contributed by atoms with Gasteiger partial charge in [0.05, 0.1) is 11.3 Å². The summed E-state index contributed by atoms with van der Waals surface area (Å²) in [7, 11) is 0. The van der Waals surface area contributed by atoms with Gasteiger partial charge in [-0.05, 0) is 30.5 Å². The first-order valence-corrected chi connectivity index (χ1v) is 9.38. The molecule has 2 heterocycles. The van der Waals surface area contributed by atoms with Gasteiger partial charge in [-0.15, -0.1) is 11.3 Å². The highest BCUT2D eigenvalue weighted by Crippen LogP contribution is 2.33. The Bertz CT molecular complexity index is 812. The van der Waals surface area contributed by atoms with Crippen molar-refractivity contribution in [1.82, 2.24) is 9.88 Å². The molecule has 138 valence electrons. The van der Waals surface area contributed by atoms with Gasteiger partial charge in [-0.3, -0.25) is 9.69 Å². The van der Waals surface area contributed by atoms with Crippen LogP contribution in [-0.4, -0.2) is 22.3 Å². The van der Waals surface area contributed by atoms with Crippen molar-refractivity contribution in [2.24, 2.45) is 5.92 Å². The summed E-state index contributed by atoms with van der Waals surface area (Å²) in [6.45, 7) is 2.10. The third-order valence-electron chi connectivity index (χ3n) is 4.68. The largest absolute Gasteiger partial charge is 0.416 e. The maximum atomic E-state index is 12.6. The highest BCUT2D eigenvalue weighted by Gasteiger charge is 2.31. The first kappa shape index (κ1) is 17.5. The van der Waals surface area contributed by atoms with Crippen molar-refractivity contribution in [3.63, 3.8) is 0 Å². The van der Waals surface area contributed by atoms with Gasteiger partial charge < -0.3 is 5.32 Å². The molecule has 2 aliphatic rings. The van der Waals surface area contributed by atoms with E-state index in [1.165, 1.54) is 23.5 Å². The Balaban J connectivity index is 1.38. The van der Waals surface area contributed by atoms with Crippen molar-refractivity contribution in [3.8, 4) is 0 Å². The van der Waals surface area contributed by atoms with Gasteiger partial charge in [0.15, 0.2) is 5.13 Å². The third-order valence-corrected chi connectivity index (χ3v) is 5.67. The molecule has 0 bridgehead atoms. The fourth-order valence-electron chi connectivity index (χ4n) is 3.05. The van der Waals surface area contributed by atoms with Crippen LogP contribution in [0.1, 0.15) is 34.5 Å². The van der Waals surface area contributed by atoms with E-state index in [0.29, 0.717) is 18.2 Å². The predicted molar refractivity (Wildman–Crippen MR) is 92.7 cm³/mol. The summed E-state index contributed by atoms with van der Waals surface area (Å²) in [6, 6.07) is 5.32. The number of nitrogens with zero attached hydrogens (tertiary/aromatic N) is 2. The van der Waals surface area contributed by atoms with Gasteiger partial charge in [0, 0.05) is 36.9 Å². The molecular formula is C18H18F3N3OS. The van der Waals surface area contributed by atoms with E-state index in [9.17, 15) is 18.0 Å². The Labute approximate surface area is 153 Å². The van der Waals surface area contributed by atoms with Crippen LogP contribution in [0.15, 0.2) is 24.3 Å². The molecule has 0 saturated heterocycles. The zero-order valence-corrected chi connectivity index (χ0v) is 14.8. The molecule has 1 saturated carbocycles. The number of hydrogen-bond acceptors (Lipinski definition) is 4. The third kappa shape index (κ3) is 3.91. The molecule has 1 aliphatic heterocycles. The molecule has 1 aromatic carbocycles. The van der Waals surface area contributed by atoms with Gasteiger partial charge in [-0.2, -0.15) is 13.2 Å². The van der Waals surface area contributed by atoms with Gasteiger partial charge in [-0.1, -0.05) is 12.1 Å². The van der Waals surface area contributed by atoms with Crippen LogP contribution in [-0.2, 0) is 30.5 Å². The lowest BCUT2D eigenvalue weighted by atomic mass is 10.1. The van der Waals surface area contributed by atoms with Crippen molar-refractivity contribution >= 4 is 22.4 Å². The summed E-state index contributed by atoms with van der Waals surface area (Å²) in [4.78, 5) is 19.7. The summed E-state index contributed by atoms with van der Waals surface area (Å²) in [6.07, 6.45) is -1.61. The van der Waals surface area contributed by atoms with Gasteiger partial charge in [0.2, 0.25) is 5.91 Å². The predicted octanol–water partition coefficient (Wildman–Crippen LogP) is 4.07. The lowest BCUT2D eigenvalue weighted by molar-refractivity contribution is -0.137. The SMILES string of the molecule is O=C(Nc1nc2c(s1)CN(Cc1ccc(C(F)(F)F)cc1)CC2)C1CC1. The van der Waals surface area contributed by atoms with Crippen LogP contribution in [0.3, 0.4) is 0 Å². The monoisotopic (exact) mass is 381 g/mol. The number of aromatic nitrogens is 1. The Kier molecular flexibility index (Phi) is 4.48. The number of carbonyl (C=O) groups is 1. The average Bonchev–Trinajstić information content (AvgIpc) is 3.36.